The maximum absolute atomic E-state index is 11.8. The number of methoxy groups -OCH3 is 2. The minimum Gasteiger partial charge on any atom is -0.469 e. The van der Waals surface area contributed by atoms with Crippen molar-refractivity contribution in [3.63, 3.8) is 0 Å². The van der Waals surface area contributed by atoms with Crippen molar-refractivity contribution in [2.45, 2.75) is 6.42 Å². The Hall–Kier alpha value is -2.52. The molecule has 0 radical (unpaired) electrons. The lowest BCUT2D eigenvalue weighted by atomic mass is 10.1. The molecule has 0 saturated carbocycles. The summed E-state index contributed by atoms with van der Waals surface area (Å²) in [5.74, 6) is 1.47. The Labute approximate surface area is 123 Å². The van der Waals surface area contributed by atoms with E-state index in [1.807, 2.05) is 0 Å². The van der Waals surface area contributed by atoms with E-state index >= 15 is 0 Å². The highest BCUT2D eigenvalue weighted by molar-refractivity contribution is 6.04. The van der Waals surface area contributed by atoms with Gasteiger partial charge in [-0.05, 0) is 12.2 Å². The van der Waals surface area contributed by atoms with Crippen LogP contribution in [0.1, 0.15) is 6.42 Å². The first-order chi connectivity index (χ1) is 10.1. The molecule has 0 aromatic rings. The smallest absolute Gasteiger partial charge is 0.338 e. The highest BCUT2D eigenvalue weighted by Gasteiger charge is 2.21. The molecule has 0 amide bonds. The lowest BCUT2D eigenvalue weighted by Gasteiger charge is -2.07. The van der Waals surface area contributed by atoms with Gasteiger partial charge in [-0.15, -0.1) is 6.42 Å². The van der Waals surface area contributed by atoms with Gasteiger partial charge in [0.05, 0.1) is 38.2 Å². The van der Waals surface area contributed by atoms with Gasteiger partial charge in [0.2, 0.25) is 0 Å². The maximum Gasteiger partial charge on any atom is 0.338 e. The Balaban J connectivity index is 2.99. The van der Waals surface area contributed by atoms with Crippen LogP contribution in [0.2, 0.25) is 0 Å². The van der Waals surface area contributed by atoms with Gasteiger partial charge < -0.3 is 18.9 Å². The molecular weight excluding hydrogens is 276 g/mol. The van der Waals surface area contributed by atoms with E-state index in [0.29, 0.717) is 18.8 Å². The van der Waals surface area contributed by atoms with Crippen LogP contribution >= 0.6 is 0 Å². The molecule has 0 bridgehead atoms. The zero-order chi connectivity index (χ0) is 15.7. The molecule has 0 unspecified atom stereocenters. The van der Waals surface area contributed by atoms with Crippen LogP contribution in [0.15, 0.2) is 35.3 Å². The van der Waals surface area contributed by atoms with Crippen LogP contribution in [0.25, 0.3) is 0 Å². The second kappa shape index (κ2) is 8.61. The summed E-state index contributed by atoms with van der Waals surface area (Å²) in [4.78, 5) is 23.5. The molecule has 21 heavy (non-hydrogen) atoms. The van der Waals surface area contributed by atoms with E-state index < -0.39 is 11.9 Å². The second-order valence-corrected chi connectivity index (χ2v) is 3.85. The van der Waals surface area contributed by atoms with Crippen LogP contribution in [0.5, 0.6) is 0 Å². The van der Waals surface area contributed by atoms with Crippen LogP contribution in [0.3, 0.4) is 0 Å². The van der Waals surface area contributed by atoms with Crippen molar-refractivity contribution in [3.8, 4) is 12.3 Å². The van der Waals surface area contributed by atoms with Gasteiger partial charge in [0.1, 0.15) is 12.4 Å². The molecule has 0 saturated heterocycles. The van der Waals surface area contributed by atoms with Crippen molar-refractivity contribution in [3.05, 3.63) is 35.3 Å². The Morgan fingerprint density at radius 1 is 1.24 bits per heavy atom. The summed E-state index contributed by atoms with van der Waals surface area (Å²) in [6.07, 6.45) is 9.54. The van der Waals surface area contributed by atoms with Crippen molar-refractivity contribution >= 4 is 11.9 Å². The fraction of sp³-hybridized carbons (Fsp3) is 0.333. The zero-order valence-corrected chi connectivity index (χ0v) is 11.9. The molecule has 6 nitrogen and oxygen atoms in total. The molecule has 0 aromatic carbocycles. The van der Waals surface area contributed by atoms with E-state index in [4.69, 9.17) is 15.9 Å². The molecule has 1 heterocycles. The predicted octanol–water partition coefficient (Wildman–Crippen LogP) is 1.10. The molecule has 0 aliphatic carbocycles. The fourth-order valence-corrected chi connectivity index (χ4v) is 1.55. The molecule has 0 aromatic heterocycles. The van der Waals surface area contributed by atoms with Crippen LogP contribution in [-0.2, 0) is 28.5 Å². The summed E-state index contributed by atoms with van der Waals surface area (Å²) in [6.45, 7) is 0.516. The lowest BCUT2D eigenvalue weighted by molar-refractivity contribution is -0.138. The summed E-state index contributed by atoms with van der Waals surface area (Å²) in [5.41, 5.74) is 0.119. The molecule has 6 heteroatoms. The summed E-state index contributed by atoms with van der Waals surface area (Å²) in [6, 6.07) is 0. The van der Waals surface area contributed by atoms with Gasteiger partial charge in [0, 0.05) is 6.42 Å². The fourth-order valence-electron chi connectivity index (χ4n) is 1.55. The molecular formula is C15H16O6. The first-order valence-electron chi connectivity index (χ1n) is 6.10. The van der Waals surface area contributed by atoms with Crippen molar-refractivity contribution in [1.82, 2.24) is 0 Å². The Morgan fingerprint density at radius 2 is 1.90 bits per heavy atom. The van der Waals surface area contributed by atoms with E-state index in [1.54, 1.807) is 0 Å². The van der Waals surface area contributed by atoms with Crippen molar-refractivity contribution in [1.29, 1.82) is 0 Å². The quantitative estimate of drug-likeness (QED) is 0.415. The monoisotopic (exact) mass is 292 g/mol. The zero-order valence-electron chi connectivity index (χ0n) is 11.9. The SMILES string of the molecule is C#CCOCCC1=CC(C(=O)OC)=C(C(=O)OC)C=CO1. The van der Waals surface area contributed by atoms with Crippen LogP contribution in [0.4, 0.5) is 0 Å². The van der Waals surface area contributed by atoms with Gasteiger partial charge in [-0.2, -0.15) is 0 Å². The lowest BCUT2D eigenvalue weighted by Crippen LogP contribution is -2.12. The van der Waals surface area contributed by atoms with Gasteiger partial charge in [0.15, 0.2) is 0 Å². The third-order valence-electron chi connectivity index (χ3n) is 2.54. The number of hydrogen-bond acceptors (Lipinski definition) is 6. The van der Waals surface area contributed by atoms with E-state index in [2.05, 4.69) is 15.4 Å². The van der Waals surface area contributed by atoms with Crippen molar-refractivity contribution in [2.75, 3.05) is 27.4 Å². The first kappa shape index (κ1) is 16.5. The number of terminal acetylenes is 1. The van der Waals surface area contributed by atoms with E-state index in [0.717, 1.165) is 0 Å². The average molecular weight is 292 g/mol. The second-order valence-electron chi connectivity index (χ2n) is 3.85. The first-order valence-corrected chi connectivity index (χ1v) is 6.10. The average Bonchev–Trinajstić information content (AvgIpc) is 2.72. The van der Waals surface area contributed by atoms with E-state index in [9.17, 15) is 9.59 Å². The third-order valence-corrected chi connectivity index (χ3v) is 2.54. The van der Waals surface area contributed by atoms with Gasteiger partial charge in [-0.3, -0.25) is 0 Å². The molecule has 0 spiro atoms. The van der Waals surface area contributed by atoms with Gasteiger partial charge in [0.25, 0.3) is 0 Å². The number of hydrogen-bond donors (Lipinski definition) is 0. The number of rotatable bonds is 6. The molecule has 1 aliphatic rings. The summed E-state index contributed by atoms with van der Waals surface area (Å²) < 4.78 is 19.8. The van der Waals surface area contributed by atoms with Crippen molar-refractivity contribution < 1.29 is 28.5 Å². The number of carbonyl (C=O) groups excluding carboxylic acids is 2. The molecule has 1 aliphatic heterocycles. The predicted molar refractivity (Wildman–Crippen MR) is 73.6 cm³/mol. The highest BCUT2D eigenvalue weighted by atomic mass is 16.5. The summed E-state index contributed by atoms with van der Waals surface area (Å²) in [7, 11) is 2.45. The Bertz CT molecular complexity index is 533. The van der Waals surface area contributed by atoms with Crippen LogP contribution in [0, 0.1) is 12.3 Å². The van der Waals surface area contributed by atoms with Crippen molar-refractivity contribution in [2.24, 2.45) is 0 Å². The summed E-state index contributed by atoms with van der Waals surface area (Å²) >= 11 is 0. The standard InChI is InChI=1S/C15H16O6/c1-4-7-20-8-5-11-10-13(15(17)19-3)12(6-9-21-11)14(16)18-2/h1,6,9-10H,5,7-8H2,2-3H3. The largest absolute Gasteiger partial charge is 0.469 e. The third kappa shape index (κ3) is 4.82. The Kier molecular flexibility index (Phi) is 6.78. The topological polar surface area (TPSA) is 71.1 Å². The molecule has 0 fully saturated rings. The van der Waals surface area contributed by atoms with E-state index in [-0.39, 0.29) is 17.8 Å². The minimum absolute atomic E-state index is 0.0592. The van der Waals surface area contributed by atoms with Gasteiger partial charge >= 0.3 is 11.9 Å². The molecule has 1 rings (SSSR count). The molecule has 112 valence electrons. The minimum atomic E-state index is -0.660. The number of esters is 2. The Morgan fingerprint density at radius 3 is 2.52 bits per heavy atom. The highest BCUT2D eigenvalue weighted by Crippen LogP contribution is 2.20. The van der Waals surface area contributed by atoms with E-state index in [1.165, 1.54) is 32.6 Å². The van der Waals surface area contributed by atoms with Gasteiger partial charge in [-0.25, -0.2) is 9.59 Å². The maximum atomic E-state index is 11.8. The number of carbonyl (C=O) groups is 2. The molecule has 0 atom stereocenters. The normalized spacial score (nSPS) is 13.7. The molecule has 0 N–H and O–H groups in total. The van der Waals surface area contributed by atoms with Crippen LogP contribution < -0.4 is 0 Å². The number of ether oxygens (including phenoxy) is 4. The van der Waals surface area contributed by atoms with Gasteiger partial charge in [-0.1, -0.05) is 5.92 Å². The summed E-state index contributed by atoms with van der Waals surface area (Å²) in [5, 5.41) is 0. The van der Waals surface area contributed by atoms with Crippen LogP contribution in [-0.4, -0.2) is 39.4 Å².